The Morgan fingerprint density at radius 3 is 2.67 bits per heavy atom. The van der Waals surface area contributed by atoms with Gasteiger partial charge in [0.2, 0.25) is 0 Å². The SMILES string of the molecule is CCOC1CC(NCC(C)OC)C1OC. The molecule has 4 nitrogen and oxygen atoms in total. The standard InChI is InChI=1S/C11H23NO3/c1-5-15-10-6-9(11(10)14-4)12-7-8(2)13-3/h8-12H,5-7H2,1-4H3. The minimum absolute atomic E-state index is 0.189. The van der Waals surface area contributed by atoms with Crippen molar-refractivity contribution in [2.45, 2.75) is 44.6 Å². The summed E-state index contributed by atoms with van der Waals surface area (Å²) < 4.78 is 16.1. The van der Waals surface area contributed by atoms with E-state index in [1.165, 1.54) is 0 Å². The topological polar surface area (TPSA) is 39.7 Å². The van der Waals surface area contributed by atoms with Gasteiger partial charge in [0.25, 0.3) is 0 Å². The Balaban J connectivity index is 2.21. The fraction of sp³-hybridized carbons (Fsp3) is 1.00. The Kier molecular flexibility index (Phi) is 5.53. The van der Waals surface area contributed by atoms with Gasteiger partial charge >= 0.3 is 0 Å². The van der Waals surface area contributed by atoms with Crippen LogP contribution in [-0.4, -0.2) is 51.7 Å². The van der Waals surface area contributed by atoms with Crippen LogP contribution in [0.1, 0.15) is 20.3 Å². The van der Waals surface area contributed by atoms with Crippen LogP contribution >= 0.6 is 0 Å². The Morgan fingerprint density at radius 2 is 2.13 bits per heavy atom. The second-order valence-corrected chi connectivity index (χ2v) is 3.99. The second-order valence-electron chi connectivity index (χ2n) is 3.99. The predicted molar refractivity (Wildman–Crippen MR) is 59.1 cm³/mol. The van der Waals surface area contributed by atoms with Crippen molar-refractivity contribution in [1.29, 1.82) is 0 Å². The monoisotopic (exact) mass is 217 g/mol. The molecular weight excluding hydrogens is 194 g/mol. The molecule has 1 aliphatic rings. The van der Waals surface area contributed by atoms with Crippen LogP contribution in [0.15, 0.2) is 0 Å². The fourth-order valence-corrected chi connectivity index (χ4v) is 1.87. The smallest absolute Gasteiger partial charge is 0.0986 e. The van der Waals surface area contributed by atoms with Crippen molar-refractivity contribution in [2.75, 3.05) is 27.4 Å². The summed E-state index contributed by atoms with van der Waals surface area (Å²) in [6.45, 7) is 5.68. The van der Waals surface area contributed by atoms with E-state index < -0.39 is 0 Å². The van der Waals surface area contributed by atoms with Crippen molar-refractivity contribution in [3.63, 3.8) is 0 Å². The average molecular weight is 217 g/mol. The number of methoxy groups -OCH3 is 2. The van der Waals surface area contributed by atoms with E-state index in [2.05, 4.69) is 5.32 Å². The van der Waals surface area contributed by atoms with Crippen LogP contribution in [0.25, 0.3) is 0 Å². The predicted octanol–water partition coefficient (Wildman–Crippen LogP) is 0.803. The Hall–Kier alpha value is -0.160. The largest absolute Gasteiger partial charge is 0.380 e. The van der Waals surface area contributed by atoms with Crippen LogP contribution in [0.4, 0.5) is 0 Å². The third-order valence-corrected chi connectivity index (χ3v) is 2.97. The molecule has 4 unspecified atom stereocenters. The summed E-state index contributed by atoms with van der Waals surface area (Å²) in [4.78, 5) is 0. The first-order valence-corrected chi connectivity index (χ1v) is 5.63. The maximum absolute atomic E-state index is 5.55. The molecule has 1 saturated carbocycles. The molecule has 0 saturated heterocycles. The summed E-state index contributed by atoms with van der Waals surface area (Å²) in [5.74, 6) is 0. The molecule has 4 atom stereocenters. The molecule has 0 heterocycles. The van der Waals surface area contributed by atoms with Crippen molar-refractivity contribution in [1.82, 2.24) is 5.32 Å². The van der Waals surface area contributed by atoms with E-state index in [0.29, 0.717) is 6.04 Å². The third-order valence-electron chi connectivity index (χ3n) is 2.97. The lowest BCUT2D eigenvalue weighted by Gasteiger charge is -2.43. The van der Waals surface area contributed by atoms with Gasteiger partial charge in [0.1, 0.15) is 0 Å². The second kappa shape index (κ2) is 6.43. The highest BCUT2D eigenvalue weighted by molar-refractivity contribution is 4.97. The number of hydrogen-bond acceptors (Lipinski definition) is 4. The molecule has 1 aliphatic carbocycles. The molecule has 15 heavy (non-hydrogen) atoms. The third kappa shape index (κ3) is 3.41. The van der Waals surface area contributed by atoms with Crippen molar-refractivity contribution in [3.8, 4) is 0 Å². The number of nitrogens with one attached hydrogen (secondary N) is 1. The van der Waals surface area contributed by atoms with Crippen molar-refractivity contribution in [2.24, 2.45) is 0 Å². The Labute approximate surface area is 92.3 Å². The summed E-state index contributed by atoms with van der Waals surface area (Å²) in [6, 6.07) is 0.407. The van der Waals surface area contributed by atoms with Crippen LogP contribution in [0.3, 0.4) is 0 Å². The molecule has 0 radical (unpaired) electrons. The summed E-state index contributed by atoms with van der Waals surface area (Å²) >= 11 is 0. The van der Waals surface area contributed by atoms with Crippen LogP contribution < -0.4 is 5.32 Å². The molecular formula is C11H23NO3. The van der Waals surface area contributed by atoms with Gasteiger partial charge in [-0.3, -0.25) is 0 Å². The van der Waals surface area contributed by atoms with E-state index in [1.54, 1.807) is 14.2 Å². The molecule has 4 heteroatoms. The van der Waals surface area contributed by atoms with Crippen LogP contribution in [0, 0.1) is 0 Å². The quantitative estimate of drug-likeness (QED) is 0.685. The first-order valence-electron chi connectivity index (χ1n) is 5.63. The van der Waals surface area contributed by atoms with E-state index in [-0.39, 0.29) is 18.3 Å². The Bertz CT molecular complexity index is 177. The zero-order valence-corrected chi connectivity index (χ0v) is 10.2. The van der Waals surface area contributed by atoms with Gasteiger partial charge in [0.05, 0.1) is 18.3 Å². The van der Waals surface area contributed by atoms with Crippen molar-refractivity contribution in [3.05, 3.63) is 0 Å². The summed E-state index contributed by atoms with van der Waals surface area (Å²) in [5, 5.41) is 3.43. The van der Waals surface area contributed by atoms with Crippen LogP contribution in [0.2, 0.25) is 0 Å². The van der Waals surface area contributed by atoms with Gasteiger partial charge in [0.15, 0.2) is 0 Å². The van der Waals surface area contributed by atoms with Gasteiger partial charge < -0.3 is 19.5 Å². The van der Waals surface area contributed by atoms with E-state index in [0.717, 1.165) is 19.6 Å². The molecule has 0 aromatic heterocycles. The maximum Gasteiger partial charge on any atom is 0.0986 e. The van der Waals surface area contributed by atoms with Crippen LogP contribution in [0.5, 0.6) is 0 Å². The molecule has 0 aliphatic heterocycles. The average Bonchev–Trinajstić information content (AvgIpc) is 2.22. The molecule has 0 bridgehead atoms. The summed E-state index contributed by atoms with van der Waals surface area (Å²) in [6.07, 6.45) is 1.72. The molecule has 0 spiro atoms. The van der Waals surface area contributed by atoms with Crippen LogP contribution in [-0.2, 0) is 14.2 Å². The zero-order valence-electron chi connectivity index (χ0n) is 10.2. The lowest BCUT2D eigenvalue weighted by Crippen LogP contribution is -2.60. The molecule has 0 aromatic rings. The van der Waals surface area contributed by atoms with Gasteiger partial charge in [-0.15, -0.1) is 0 Å². The van der Waals surface area contributed by atoms with Gasteiger partial charge in [-0.25, -0.2) is 0 Å². The lowest BCUT2D eigenvalue weighted by atomic mass is 9.85. The van der Waals surface area contributed by atoms with Gasteiger partial charge in [-0.05, 0) is 20.3 Å². The highest BCUT2D eigenvalue weighted by Crippen LogP contribution is 2.26. The van der Waals surface area contributed by atoms with E-state index in [9.17, 15) is 0 Å². The highest BCUT2D eigenvalue weighted by atomic mass is 16.5. The number of ether oxygens (including phenoxy) is 3. The Morgan fingerprint density at radius 1 is 1.40 bits per heavy atom. The first-order chi connectivity index (χ1) is 7.22. The molecule has 1 rings (SSSR count). The van der Waals surface area contributed by atoms with Gasteiger partial charge in [-0.2, -0.15) is 0 Å². The normalized spacial score (nSPS) is 32.4. The summed E-state index contributed by atoms with van der Waals surface area (Å²) in [7, 11) is 3.47. The van der Waals surface area contributed by atoms with Gasteiger partial charge in [0, 0.05) is 33.4 Å². The number of rotatable bonds is 7. The molecule has 1 fully saturated rings. The fourth-order valence-electron chi connectivity index (χ4n) is 1.87. The zero-order chi connectivity index (χ0) is 11.3. The van der Waals surface area contributed by atoms with E-state index in [4.69, 9.17) is 14.2 Å². The highest BCUT2D eigenvalue weighted by Gasteiger charge is 2.41. The lowest BCUT2D eigenvalue weighted by molar-refractivity contribution is -0.132. The van der Waals surface area contributed by atoms with E-state index in [1.807, 2.05) is 13.8 Å². The maximum atomic E-state index is 5.55. The van der Waals surface area contributed by atoms with Crippen molar-refractivity contribution < 1.29 is 14.2 Å². The molecule has 0 amide bonds. The molecule has 0 aromatic carbocycles. The van der Waals surface area contributed by atoms with Crippen molar-refractivity contribution >= 4 is 0 Å². The summed E-state index contributed by atoms with van der Waals surface area (Å²) in [5.41, 5.74) is 0. The van der Waals surface area contributed by atoms with E-state index >= 15 is 0 Å². The minimum atomic E-state index is 0.189. The molecule has 1 N–H and O–H groups in total. The van der Waals surface area contributed by atoms with Gasteiger partial charge in [-0.1, -0.05) is 0 Å². The number of hydrogen-bond donors (Lipinski definition) is 1. The minimum Gasteiger partial charge on any atom is -0.380 e. The molecule has 90 valence electrons. The first kappa shape index (κ1) is 12.9.